The molecule has 0 heterocycles. The molecule has 0 saturated heterocycles. The minimum absolute atomic E-state index is 0.0601. The molecule has 0 unspecified atom stereocenters. The zero-order chi connectivity index (χ0) is 17.7. The van der Waals surface area contributed by atoms with Crippen molar-refractivity contribution in [3.8, 4) is 0 Å². The molecule has 0 aliphatic heterocycles. The van der Waals surface area contributed by atoms with E-state index in [4.69, 9.17) is 12.2 Å². The lowest BCUT2D eigenvalue weighted by Crippen LogP contribution is -2.41. The van der Waals surface area contributed by atoms with Crippen molar-refractivity contribution in [2.24, 2.45) is 0 Å². The average Bonchev–Trinajstić information content (AvgIpc) is 2.51. The van der Waals surface area contributed by atoms with Gasteiger partial charge in [-0.25, -0.2) is 0 Å². The van der Waals surface area contributed by atoms with E-state index in [1.165, 1.54) is 0 Å². The quantitative estimate of drug-likeness (QED) is 0.774. The molecule has 128 valence electrons. The number of aryl methyl sites for hydroxylation is 1. The standard InChI is InChI=1S/C18H19F3N2S/c1-13-7-6-10-16(14(13)2)22-17(24)23(12-18(19,20)21)11-15-8-4-3-5-9-15/h3-10H,11-12H2,1-2H3,(H,22,24). The lowest BCUT2D eigenvalue weighted by atomic mass is 10.1. The fraction of sp³-hybridized carbons (Fsp3) is 0.278. The van der Waals surface area contributed by atoms with E-state index >= 15 is 0 Å². The van der Waals surface area contributed by atoms with Gasteiger partial charge in [0.15, 0.2) is 5.11 Å². The molecule has 0 aliphatic carbocycles. The molecule has 2 aromatic rings. The van der Waals surface area contributed by atoms with Crippen LogP contribution in [0, 0.1) is 13.8 Å². The van der Waals surface area contributed by atoms with Gasteiger partial charge in [-0.15, -0.1) is 0 Å². The number of rotatable bonds is 4. The van der Waals surface area contributed by atoms with Crippen LogP contribution < -0.4 is 5.32 Å². The Morgan fingerprint density at radius 2 is 1.71 bits per heavy atom. The van der Waals surface area contributed by atoms with E-state index < -0.39 is 12.7 Å². The highest BCUT2D eigenvalue weighted by Gasteiger charge is 2.32. The predicted octanol–water partition coefficient (Wildman–Crippen LogP) is 5.06. The highest BCUT2D eigenvalue weighted by molar-refractivity contribution is 7.80. The summed E-state index contributed by atoms with van der Waals surface area (Å²) in [6.07, 6.45) is -4.33. The first-order valence-corrected chi connectivity index (χ1v) is 7.90. The molecule has 0 atom stereocenters. The van der Waals surface area contributed by atoms with Gasteiger partial charge in [0.25, 0.3) is 0 Å². The maximum absolute atomic E-state index is 12.9. The Balaban J connectivity index is 2.19. The van der Waals surface area contributed by atoms with Crippen molar-refractivity contribution in [3.05, 3.63) is 65.2 Å². The van der Waals surface area contributed by atoms with E-state index in [0.29, 0.717) is 0 Å². The van der Waals surface area contributed by atoms with Crippen molar-refractivity contribution < 1.29 is 13.2 Å². The number of alkyl halides is 3. The van der Waals surface area contributed by atoms with Crippen LogP contribution in [0.1, 0.15) is 16.7 Å². The average molecular weight is 352 g/mol. The second kappa shape index (κ2) is 7.66. The smallest absolute Gasteiger partial charge is 0.336 e. The Morgan fingerprint density at radius 1 is 1.04 bits per heavy atom. The molecule has 0 bridgehead atoms. The second-order valence-corrected chi connectivity index (χ2v) is 6.02. The molecule has 0 radical (unpaired) electrons. The largest absolute Gasteiger partial charge is 0.406 e. The minimum atomic E-state index is -4.33. The van der Waals surface area contributed by atoms with Gasteiger partial charge >= 0.3 is 6.18 Å². The third-order valence-electron chi connectivity index (χ3n) is 3.72. The third-order valence-corrected chi connectivity index (χ3v) is 4.08. The molecule has 24 heavy (non-hydrogen) atoms. The topological polar surface area (TPSA) is 15.3 Å². The Hall–Kier alpha value is -2.08. The summed E-state index contributed by atoms with van der Waals surface area (Å²) in [5.74, 6) is 0. The molecule has 0 amide bonds. The molecule has 0 saturated carbocycles. The number of hydrogen-bond acceptors (Lipinski definition) is 1. The zero-order valence-corrected chi connectivity index (χ0v) is 14.3. The minimum Gasteiger partial charge on any atom is -0.336 e. The fourth-order valence-electron chi connectivity index (χ4n) is 2.30. The fourth-order valence-corrected chi connectivity index (χ4v) is 2.54. The van der Waals surface area contributed by atoms with Gasteiger partial charge < -0.3 is 10.2 Å². The Kier molecular flexibility index (Phi) is 5.83. The second-order valence-electron chi connectivity index (χ2n) is 5.63. The van der Waals surface area contributed by atoms with Crippen molar-refractivity contribution in [3.63, 3.8) is 0 Å². The maximum Gasteiger partial charge on any atom is 0.406 e. The number of anilines is 1. The van der Waals surface area contributed by atoms with E-state index in [0.717, 1.165) is 27.3 Å². The van der Waals surface area contributed by atoms with Crippen LogP contribution in [0.15, 0.2) is 48.5 Å². The van der Waals surface area contributed by atoms with Crippen LogP contribution >= 0.6 is 12.2 Å². The Morgan fingerprint density at radius 3 is 2.33 bits per heavy atom. The Bertz CT molecular complexity index is 699. The van der Waals surface area contributed by atoms with Gasteiger partial charge in [-0.2, -0.15) is 13.2 Å². The first-order valence-electron chi connectivity index (χ1n) is 7.49. The molecule has 6 heteroatoms. The van der Waals surface area contributed by atoms with Crippen molar-refractivity contribution in [1.82, 2.24) is 4.90 Å². The first-order chi connectivity index (χ1) is 11.3. The summed E-state index contributed by atoms with van der Waals surface area (Å²) in [6, 6.07) is 14.6. The van der Waals surface area contributed by atoms with Crippen molar-refractivity contribution in [2.45, 2.75) is 26.6 Å². The van der Waals surface area contributed by atoms with Gasteiger partial charge in [0.05, 0.1) is 0 Å². The number of hydrogen-bond donors (Lipinski definition) is 1. The predicted molar refractivity (Wildman–Crippen MR) is 95.0 cm³/mol. The monoisotopic (exact) mass is 352 g/mol. The molecular formula is C18H19F3N2S. The van der Waals surface area contributed by atoms with Gasteiger partial charge in [-0.3, -0.25) is 0 Å². The summed E-state index contributed by atoms with van der Waals surface area (Å²) in [5, 5.41) is 3.01. The van der Waals surface area contributed by atoms with E-state index in [1.807, 2.05) is 38.1 Å². The van der Waals surface area contributed by atoms with E-state index in [-0.39, 0.29) is 11.7 Å². The van der Waals surface area contributed by atoms with E-state index in [9.17, 15) is 13.2 Å². The number of nitrogens with zero attached hydrogens (tertiary/aromatic N) is 1. The van der Waals surface area contributed by atoms with Gasteiger partial charge in [0, 0.05) is 12.2 Å². The summed E-state index contributed by atoms with van der Waals surface area (Å²) >= 11 is 5.24. The Labute approximate surface area is 145 Å². The third kappa shape index (κ3) is 5.23. The van der Waals surface area contributed by atoms with Gasteiger partial charge in [0.1, 0.15) is 6.54 Å². The number of halogens is 3. The summed E-state index contributed by atoms with van der Waals surface area (Å²) < 4.78 is 38.8. The molecule has 2 aromatic carbocycles. The van der Waals surface area contributed by atoms with Crippen molar-refractivity contribution >= 4 is 23.0 Å². The van der Waals surface area contributed by atoms with Crippen LogP contribution in [0.3, 0.4) is 0 Å². The molecule has 2 nitrogen and oxygen atoms in total. The van der Waals surface area contributed by atoms with Crippen molar-refractivity contribution in [2.75, 3.05) is 11.9 Å². The normalized spacial score (nSPS) is 11.2. The van der Waals surface area contributed by atoms with Gasteiger partial charge in [-0.1, -0.05) is 42.5 Å². The van der Waals surface area contributed by atoms with Crippen LogP contribution in [0.4, 0.5) is 18.9 Å². The SMILES string of the molecule is Cc1cccc(NC(=S)N(Cc2ccccc2)CC(F)(F)F)c1C. The molecule has 1 N–H and O–H groups in total. The van der Waals surface area contributed by atoms with Gasteiger partial charge in [-0.05, 0) is 48.8 Å². The number of nitrogens with one attached hydrogen (secondary N) is 1. The molecular weight excluding hydrogens is 333 g/mol. The van der Waals surface area contributed by atoms with Crippen LogP contribution in [-0.2, 0) is 6.54 Å². The molecule has 0 aliphatic rings. The molecule has 2 rings (SSSR count). The number of thiocarbonyl (C=S) groups is 1. The zero-order valence-electron chi connectivity index (χ0n) is 13.5. The maximum atomic E-state index is 12.9. The highest BCUT2D eigenvalue weighted by atomic mass is 32.1. The molecule has 0 aromatic heterocycles. The molecule has 0 spiro atoms. The summed E-state index contributed by atoms with van der Waals surface area (Å²) in [6.45, 7) is 2.85. The lowest BCUT2D eigenvalue weighted by Gasteiger charge is -2.27. The highest BCUT2D eigenvalue weighted by Crippen LogP contribution is 2.22. The van der Waals surface area contributed by atoms with Crippen LogP contribution in [-0.4, -0.2) is 22.7 Å². The van der Waals surface area contributed by atoms with Crippen LogP contribution in [0.2, 0.25) is 0 Å². The van der Waals surface area contributed by atoms with Gasteiger partial charge in [0.2, 0.25) is 0 Å². The summed E-state index contributed by atoms with van der Waals surface area (Å²) in [7, 11) is 0. The number of benzene rings is 2. The summed E-state index contributed by atoms with van der Waals surface area (Å²) in [4.78, 5) is 1.13. The van der Waals surface area contributed by atoms with Crippen LogP contribution in [0.5, 0.6) is 0 Å². The first kappa shape index (κ1) is 18.3. The lowest BCUT2D eigenvalue weighted by molar-refractivity contribution is -0.138. The van der Waals surface area contributed by atoms with E-state index in [2.05, 4.69) is 5.32 Å². The van der Waals surface area contributed by atoms with Crippen LogP contribution in [0.25, 0.3) is 0 Å². The molecule has 0 fully saturated rings. The van der Waals surface area contributed by atoms with E-state index in [1.54, 1.807) is 24.3 Å². The summed E-state index contributed by atoms with van der Waals surface area (Å²) in [5.41, 5.74) is 3.51. The van der Waals surface area contributed by atoms with Crippen molar-refractivity contribution in [1.29, 1.82) is 0 Å².